The van der Waals surface area contributed by atoms with Crippen molar-refractivity contribution < 1.29 is 44.0 Å². The first-order valence-electron chi connectivity index (χ1n) is 12.2. The van der Waals surface area contributed by atoms with Crippen molar-refractivity contribution in [1.82, 2.24) is 14.5 Å². The highest BCUT2D eigenvalue weighted by molar-refractivity contribution is 6.24. The predicted molar refractivity (Wildman–Crippen MR) is 135 cm³/mol. The normalized spacial score (nSPS) is 26.0. The third kappa shape index (κ3) is 3.78. The fourth-order valence-corrected chi connectivity index (χ4v) is 6.10. The second kappa shape index (κ2) is 9.27. The van der Waals surface area contributed by atoms with Crippen LogP contribution in [-0.2, 0) is 32.1 Å². The average Bonchev–Trinajstić information content (AvgIpc) is 3.37. The Labute approximate surface area is 226 Å². The maximum Gasteiger partial charge on any atom is 0.255 e. The Hall–Kier alpha value is -4.56. The number of aliphatic hydroxyl groups excluding tert-OH is 2. The van der Waals surface area contributed by atoms with Crippen LogP contribution in [0.4, 0.5) is 10.1 Å². The lowest BCUT2D eigenvalue weighted by molar-refractivity contribution is -0.153. The molecule has 0 radical (unpaired) electrons. The van der Waals surface area contributed by atoms with Gasteiger partial charge in [-0.15, -0.1) is 0 Å². The van der Waals surface area contributed by atoms with Gasteiger partial charge in [-0.2, -0.15) is 0 Å². The number of halogens is 1. The Morgan fingerprint density at radius 3 is 2.58 bits per heavy atom. The van der Waals surface area contributed by atoms with Crippen molar-refractivity contribution in [3.05, 3.63) is 58.6 Å². The number of carbonyl (C=O) groups is 4. The van der Waals surface area contributed by atoms with Gasteiger partial charge in [0.1, 0.15) is 29.5 Å². The third-order valence-electron chi connectivity index (χ3n) is 7.83. The third-order valence-corrected chi connectivity index (χ3v) is 7.83. The van der Waals surface area contributed by atoms with Gasteiger partial charge in [0.25, 0.3) is 5.91 Å². The van der Waals surface area contributed by atoms with Gasteiger partial charge in [0, 0.05) is 35.5 Å². The molecule has 3 aliphatic rings. The topological polar surface area (TPSA) is 208 Å². The first kappa shape index (κ1) is 27.0. The standard InChI is InChI=1S/C26H26FN5O8/c1-31(2)19-12-6-10-5-11-13(27)7-14(30-15(33)8-32-4-3-29-9-32)20(34)17(11)21(35)16(10)23(37)26(12,40)24(38)18(22(19)36)25(28)39/h3-4,7,9-10,12,19,34-35,38,40H,5-6,8H2,1-2H3,(H2,28,39)(H,30,33)/t10-,12-,19-,26-/m0/s1. The zero-order valence-electron chi connectivity index (χ0n) is 21.4. The number of phenols is 1. The van der Waals surface area contributed by atoms with Crippen molar-refractivity contribution in [2.75, 3.05) is 19.4 Å². The number of amides is 2. The quantitative estimate of drug-likeness (QED) is 0.214. The number of nitrogens with one attached hydrogen (secondary N) is 1. The van der Waals surface area contributed by atoms with Gasteiger partial charge in [-0.3, -0.25) is 24.1 Å². The van der Waals surface area contributed by atoms with Gasteiger partial charge in [-0.25, -0.2) is 9.37 Å². The van der Waals surface area contributed by atoms with Crippen LogP contribution >= 0.6 is 0 Å². The molecule has 1 saturated carbocycles. The van der Waals surface area contributed by atoms with Crippen molar-refractivity contribution >= 4 is 34.8 Å². The summed E-state index contributed by atoms with van der Waals surface area (Å²) in [5.41, 5.74) is 0.151. The van der Waals surface area contributed by atoms with Crippen LogP contribution in [0.2, 0.25) is 0 Å². The number of phenolic OH excluding ortho intramolecular Hbond substituents is 1. The number of likely N-dealkylation sites (N-methyl/N-ethyl adjacent to an activating group) is 1. The molecule has 0 aliphatic heterocycles. The number of fused-ring (bicyclic) bond motifs is 3. The average molecular weight is 556 g/mol. The van der Waals surface area contributed by atoms with Crippen LogP contribution in [0, 0.1) is 17.7 Å². The van der Waals surface area contributed by atoms with E-state index >= 15 is 4.39 Å². The van der Waals surface area contributed by atoms with Crippen molar-refractivity contribution in [1.29, 1.82) is 0 Å². The van der Waals surface area contributed by atoms with Gasteiger partial charge < -0.3 is 36.0 Å². The lowest BCUT2D eigenvalue weighted by Crippen LogP contribution is -2.65. The smallest absolute Gasteiger partial charge is 0.255 e. The number of rotatable bonds is 5. The van der Waals surface area contributed by atoms with Crippen LogP contribution in [0.25, 0.3) is 5.76 Å². The minimum Gasteiger partial charge on any atom is -0.508 e. The first-order chi connectivity index (χ1) is 18.8. The van der Waals surface area contributed by atoms with E-state index in [2.05, 4.69) is 10.3 Å². The van der Waals surface area contributed by atoms with E-state index < -0.39 is 86.7 Å². The number of primary amides is 1. The number of Topliss-reactive ketones (excluding diaryl/α,β-unsaturated/α-hetero) is 2. The monoisotopic (exact) mass is 555 g/mol. The van der Waals surface area contributed by atoms with E-state index in [1.54, 1.807) is 0 Å². The number of hydrogen-bond donors (Lipinski definition) is 6. The van der Waals surface area contributed by atoms with Gasteiger partial charge in [0.15, 0.2) is 17.1 Å². The van der Waals surface area contributed by atoms with Gasteiger partial charge in [0.05, 0.1) is 23.6 Å². The van der Waals surface area contributed by atoms with E-state index in [4.69, 9.17) is 5.73 Å². The van der Waals surface area contributed by atoms with Crippen LogP contribution < -0.4 is 11.1 Å². The zero-order chi connectivity index (χ0) is 29.3. The van der Waals surface area contributed by atoms with Crippen LogP contribution in [0.5, 0.6) is 5.75 Å². The van der Waals surface area contributed by atoms with E-state index in [1.807, 2.05) is 0 Å². The minimum absolute atomic E-state index is 0.143. The molecule has 0 bridgehead atoms. The molecule has 1 aromatic carbocycles. The Balaban J connectivity index is 1.62. The van der Waals surface area contributed by atoms with Crippen molar-refractivity contribution in [3.63, 3.8) is 0 Å². The molecule has 210 valence electrons. The number of aromatic hydroxyl groups is 1. The Morgan fingerprint density at radius 1 is 1.27 bits per heavy atom. The van der Waals surface area contributed by atoms with E-state index in [0.29, 0.717) is 0 Å². The molecule has 2 aromatic rings. The maximum atomic E-state index is 15.3. The molecule has 2 amide bonds. The summed E-state index contributed by atoms with van der Waals surface area (Å²) in [5.74, 6) is -9.97. The summed E-state index contributed by atoms with van der Waals surface area (Å²) >= 11 is 0. The van der Waals surface area contributed by atoms with Gasteiger partial charge in [-0.1, -0.05) is 0 Å². The largest absolute Gasteiger partial charge is 0.508 e. The molecule has 40 heavy (non-hydrogen) atoms. The number of nitrogens with zero attached hydrogens (tertiary/aromatic N) is 3. The SMILES string of the molecule is CN(C)[C@@H]1C(=O)C(C(N)=O)=C(O)[C@@]2(O)C(=O)C3=C(O)c4c(O)c(NC(=O)Cn5ccnc5)cc(F)c4C[C@H]3C[C@@H]12. The molecule has 1 heterocycles. The van der Waals surface area contributed by atoms with Crippen LogP contribution in [0.1, 0.15) is 17.5 Å². The number of carbonyl (C=O) groups excluding carboxylic acids is 4. The lowest BCUT2D eigenvalue weighted by Gasteiger charge is -2.50. The number of aliphatic hydroxyl groups is 3. The second-order valence-electron chi connectivity index (χ2n) is 10.4. The molecule has 4 atom stereocenters. The molecule has 1 aromatic heterocycles. The summed E-state index contributed by atoms with van der Waals surface area (Å²) in [6.45, 7) is -0.209. The number of anilines is 1. The molecule has 5 rings (SSSR count). The van der Waals surface area contributed by atoms with Crippen LogP contribution in [-0.4, -0.2) is 84.0 Å². The molecule has 14 heteroatoms. The number of ketones is 2. The molecule has 3 aliphatic carbocycles. The molecule has 7 N–H and O–H groups in total. The molecular formula is C26H26FN5O8. The molecule has 0 spiro atoms. The van der Waals surface area contributed by atoms with Gasteiger partial charge in [0.2, 0.25) is 11.7 Å². The van der Waals surface area contributed by atoms with Crippen molar-refractivity contribution in [2.24, 2.45) is 17.6 Å². The highest BCUT2D eigenvalue weighted by Crippen LogP contribution is 2.53. The highest BCUT2D eigenvalue weighted by atomic mass is 19.1. The number of nitrogens with two attached hydrogens (primary N) is 1. The summed E-state index contributed by atoms with van der Waals surface area (Å²) in [7, 11) is 2.96. The lowest BCUT2D eigenvalue weighted by atomic mass is 9.57. The zero-order valence-corrected chi connectivity index (χ0v) is 21.4. The highest BCUT2D eigenvalue weighted by Gasteiger charge is 2.64. The Bertz CT molecular complexity index is 1550. The molecule has 0 unspecified atom stereocenters. The predicted octanol–water partition coefficient (Wildman–Crippen LogP) is -0.0617. The summed E-state index contributed by atoms with van der Waals surface area (Å²) in [6.07, 6.45) is 3.96. The molecule has 0 saturated heterocycles. The van der Waals surface area contributed by atoms with Crippen molar-refractivity contribution in [2.45, 2.75) is 31.0 Å². The first-order valence-corrected chi connectivity index (χ1v) is 12.2. The molecular weight excluding hydrogens is 529 g/mol. The molecule has 1 fully saturated rings. The minimum atomic E-state index is -2.81. The maximum absolute atomic E-state index is 15.3. The summed E-state index contributed by atoms with van der Waals surface area (Å²) in [5, 5.41) is 47.0. The van der Waals surface area contributed by atoms with Crippen LogP contribution in [0.3, 0.4) is 0 Å². The number of imidazole rings is 1. The fourth-order valence-electron chi connectivity index (χ4n) is 6.10. The van der Waals surface area contributed by atoms with E-state index in [9.17, 15) is 39.6 Å². The van der Waals surface area contributed by atoms with Gasteiger partial charge in [-0.05, 0) is 32.9 Å². The van der Waals surface area contributed by atoms with Gasteiger partial charge >= 0.3 is 0 Å². The van der Waals surface area contributed by atoms with E-state index in [1.165, 1.54) is 42.3 Å². The number of benzene rings is 1. The van der Waals surface area contributed by atoms with Crippen LogP contribution in [0.15, 0.2) is 41.7 Å². The van der Waals surface area contributed by atoms with E-state index in [-0.39, 0.29) is 30.6 Å². The molecule has 13 nitrogen and oxygen atoms in total. The summed E-state index contributed by atoms with van der Waals surface area (Å²) in [6, 6.07) is -0.358. The number of aromatic nitrogens is 2. The fraction of sp³-hybridized carbons (Fsp3) is 0.346. The van der Waals surface area contributed by atoms with E-state index in [0.717, 1.165) is 6.07 Å². The Morgan fingerprint density at radius 2 is 1.98 bits per heavy atom. The van der Waals surface area contributed by atoms with Crippen molar-refractivity contribution in [3.8, 4) is 5.75 Å². The second-order valence-corrected chi connectivity index (χ2v) is 10.4. The number of hydrogen-bond acceptors (Lipinski definition) is 10. The Kier molecular flexibility index (Phi) is 6.27. The summed E-state index contributed by atoms with van der Waals surface area (Å²) < 4.78 is 16.8. The summed E-state index contributed by atoms with van der Waals surface area (Å²) in [4.78, 5) is 56.6.